The quantitative estimate of drug-likeness (QED) is 0.489. The van der Waals surface area contributed by atoms with Gasteiger partial charge in [-0.3, -0.25) is 19.6 Å². The van der Waals surface area contributed by atoms with E-state index >= 15 is 0 Å². The molecule has 0 aliphatic rings. The number of hydrogen-bond acceptors (Lipinski definition) is 4. The van der Waals surface area contributed by atoms with E-state index in [4.69, 9.17) is 0 Å². The summed E-state index contributed by atoms with van der Waals surface area (Å²) in [5, 5.41) is 15.0. The summed E-state index contributed by atoms with van der Waals surface area (Å²) in [4.78, 5) is 21.3. The summed E-state index contributed by atoms with van der Waals surface area (Å²) in [6.07, 6.45) is 2.43. The molecule has 0 saturated carbocycles. The Morgan fingerprint density at radius 3 is 2.30 bits per heavy atom. The maximum atomic E-state index is 11.2. The minimum atomic E-state index is -0.460. The summed E-state index contributed by atoms with van der Waals surface area (Å²) in [6.45, 7) is 5.94. The van der Waals surface area contributed by atoms with E-state index in [1.807, 2.05) is 20.8 Å². The molecule has 0 radical (unpaired) electrons. The third-order valence-electron chi connectivity index (χ3n) is 2.91. The van der Waals surface area contributed by atoms with Gasteiger partial charge in [-0.1, -0.05) is 0 Å². The number of aldehydes is 1. The third kappa shape index (κ3) is 2.59. The van der Waals surface area contributed by atoms with E-state index in [1.54, 1.807) is 23.0 Å². The van der Waals surface area contributed by atoms with Gasteiger partial charge in [0, 0.05) is 23.9 Å². The predicted octanol–water partition coefficient (Wildman–Crippen LogP) is 3.03. The molecule has 1 aromatic carbocycles. The maximum absolute atomic E-state index is 11.2. The van der Waals surface area contributed by atoms with Crippen LogP contribution in [0.5, 0.6) is 0 Å². The Balaban J connectivity index is 2.49. The predicted molar refractivity (Wildman–Crippen MR) is 74.7 cm³/mol. The van der Waals surface area contributed by atoms with Crippen LogP contribution in [0.15, 0.2) is 30.5 Å². The fraction of sp³-hybridized carbons (Fsp3) is 0.286. The second-order valence-corrected chi connectivity index (χ2v) is 5.47. The molecule has 1 heterocycles. The Morgan fingerprint density at radius 1 is 1.25 bits per heavy atom. The van der Waals surface area contributed by atoms with Crippen LogP contribution < -0.4 is 0 Å². The number of carbonyl (C=O) groups is 1. The average molecular weight is 273 g/mol. The van der Waals surface area contributed by atoms with Crippen LogP contribution in [-0.2, 0) is 5.54 Å². The molecular formula is C14H15N3O3. The maximum Gasteiger partial charge on any atom is 0.269 e. The highest BCUT2D eigenvalue weighted by molar-refractivity contribution is 5.85. The van der Waals surface area contributed by atoms with Crippen LogP contribution >= 0.6 is 0 Å². The molecule has 0 spiro atoms. The molecule has 20 heavy (non-hydrogen) atoms. The lowest BCUT2D eigenvalue weighted by molar-refractivity contribution is -0.384. The van der Waals surface area contributed by atoms with Crippen molar-refractivity contribution in [2.45, 2.75) is 26.3 Å². The van der Waals surface area contributed by atoms with E-state index in [2.05, 4.69) is 5.10 Å². The summed E-state index contributed by atoms with van der Waals surface area (Å²) < 4.78 is 1.72. The molecule has 1 aromatic heterocycles. The van der Waals surface area contributed by atoms with Gasteiger partial charge in [-0.15, -0.1) is 0 Å². The first-order chi connectivity index (χ1) is 9.32. The van der Waals surface area contributed by atoms with E-state index in [-0.39, 0.29) is 11.2 Å². The highest BCUT2D eigenvalue weighted by Gasteiger charge is 2.19. The summed E-state index contributed by atoms with van der Waals surface area (Å²) in [5.41, 5.74) is 1.45. The monoisotopic (exact) mass is 273 g/mol. The van der Waals surface area contributed by atoms with Crippen LogP contribution in [0.1, 0.15) is 31.1 Å². The van der Waals surface area contributed by atoms with Gasteiger partial charge in [0.15, 0.2) is 6.29 Å². The zero-order chi connectivity index (χ0) is 14.9. The fourth-order valence-electron chi connectivity index (χ4n) is 1.78. The largest absolute Gasteiger partial charge is 0.298 e. The van der Waals surface area contributed by atoms with Crippen molar-refractivity contribution in [2.75, 3.05) is 0 Å². The first-order valence-corrected chi connectivity index (χ1v) is 6.13. The van der Waals surface area contributed by atoms with Crippen LogP contribution in [0.25, 0.3) is 11.3 Å². The molecule has 0 atom stereocenters. The van der Waals surface area contributed by atoms with Crippen molar-refractivity contribution >= 4 is 12.0 Å². The number of hydrogen-bond donors (Lipinski definition) is 0. The van der Waals surface area contributed by atoms with E-state index in [1.165, 1.54) is 12.1 Å². The molecule has 0 bridgehead atoms. The highest BCUT2D eigenvalue weighted by Crippen LogP contribution is 2.25. The summed E-state index contributed by atoms with van der Waals surface area (Å²) in [7, 11) is 0. The van der Waals surface area contributed by atoms with Crippen LogP contribution in [0, 0.1) is 10.1 Å². The van der Waals surface area contributed by atoms with Gasteiger partial charge in [0.05, 0.1) is 16.0 Å². The summed E-state index contributed by atoms with van der Waals surface area (Å²) in [5.74, 6) is 0. The number of benzene rings is 1. The molecule has 0 N–H and O–H groups in total. The van der Waals surface area contributed by atoms with Gasteiger partial charge in [-0.2, -0.15) is 5.10 Å². The second kappa shape index (κ2) is 4.88. The third-order valence-corrected chi connectivity index (χ3v) is 2.91. The molecule has 0 aliphatic carbocycles. The van der Waals surface area contributed by atoms with Crippen molar-refractivity contribution in [2.24, 2.45) is 0 Å². The Morgan fingerprint density at radius 2 is 1.85 bits per heavy atom. The zero-order valence-corrected chi connectivity index (χ0v) is 11.5. The summed E-state index contributed by atoms with van der Waals surface area (Å²) >= 11 is 0. The van der Waals surface area contributed by atoms with Crippen LogP contribution in [0.4, 0.5) is 5.69 Å². The number of nitro benzene ring substituents is 1. The number of non-ortho nitro benzene ring substituents is 1. The van der Waals surface area contributed by atoms with Crippen molar-refractivity contribution in [3.8, 4) is 11.3 Å². The van der Waals surface area contributed by atoms with Gasteiger partial charge in [-0.05, 0) is 32.9 Å². The van der Waals surface area contributed by atoms with E-state index < -0.39 is 4.92 Å². The number of rotatable bonds is 3. The van der Waals surface area contributed by atoms with Gasteiger partial charge >= 0.3 is 0 Å². The smallest absolute Gasteiger partial charge is 0.269 e. The molecule has 104 valence electrons. The Labute approximate surface area is 116 Å². The van der Waals surface area contributed by atoms with Crippen molar-refractivity contribution < 1.29 is 9.72 Å². The lowest BCUT2D eigenvalue weighted by atomic mass is 10.1. The first kappa shape index (κ1) is 13.9. The van der Waals surface area contributed by atoms with Crippen LogP contribution in [0.3, 0.4) is 0 Å². The number of carbonyl (C=O) groups excluding carboxylic acids is 1. The minimum Gasteiger partial charge on any atom is -0.298 e. The first-order valence-electron chi connectivity index (χ1n) is 6.13. The lowest BCUT2D eigenvalue weighted by Crippen LogP contribution is -2.22. The standard InChI is InChI=1S/C14H15N3O3/c1-14(2,3)16-8-11(9-18)13(15-16)10-4-6-12(7-5-10)17(19)20/h4-9H,1-3H3. The molecule has 2 aromatic rings. The fourth-order valence-corrected chi connectivity index (χ4v) is 1.78. The number of nitro groups is 1. The molecule has 6 nitrogen and oxygen atoms in total. The zero-order valence-electron chi connectivity index (χ0n) is 11.5. The Kier molecular flexibility index (Phi) is 3.40. The van der Waals surface area contributed by atoms with Gasteiger partial charge < -0.3 is 0 Å². The van der Waals surface area contributed by atoms with Gasteiger partial charge in [0.2, 0.25) is 0 Å². The van der Waals surface area contributed by atoms with Gasteiger partial charge in [0.25, 0.3) is 5.69 Å². The Hall–Kier alpha value is -2.50. The number of nitrogens with zero attached hydrogens (tertiary/aromatic N) is 3. The van der Waals surface area contributed by atoms with Gasteiger partial charge in [-0.25, -0.2) is 0 Å². The van der Waals surface area contributed by atoms with Crippen LogP contribution in [0.2, 0.25) is 0 Å². The lowest BCUT2D eigenvalue weighted by Gasteiger charge is -2.18. The van der Waals surface area contributed by atoms with Crippen molar-refractivity contribution in [3.63, 3.8) is 0 Å². The minimum absolute atomic E-state index is 0.0108. The van der Waals surface area contributed by atoms with Crippen molar-refractivity contribution in [1.82, 2.24) is 9.78 Å². The topological polar surface area (TPSA) is 78.0 Å². The molecule has 0 aliphatic heterocycles. The average Bonchev–Trinajstić information content (AvgIpc) is 2.82. The summed E-state index contributed by atoms with van der Waals surface area (Å²) in [6, 6.07) is 6.00. The molecule has 6 heteroatoms. The molecule has 0 unspecified atom stereocenters. The van der Waals surface area contributed by atoms with E-state index in [0.717, 1.165) is 6.29 Å². The Bertz CT molecular complexity index is 651. The van der Waals surface area contributed by atoms with Crippen molar-refractivity contribution in [3.05, 3.63) is 46.1 Å². The molecule has 0 amide bonds. The molecule has 2 rings (SSSR count). The van der Waals surface area contributed by atoms with Gasteiger partial charge in [0.1, 0.15) is 5.69 Å². The molecule has 0 fully saturated rings. The SMILES string of the molecule is CC(C)(C)n1cc(C=O)c(-c2ccc([N+](=O)[O-])cc2)n1. The van der Waals surface area contributed by atoms with Crippen molar-refractivity contribution in [1.29, 1.82) is 0 Å². The number of aromatic nitrogens is 2. The van der Waals surface area contributed by atoms with E-state index in [9.17, 15) is 14.9 Å². The van der Waals surface area contributed by atoms with E-state index in [0.29, 0.717) is 16.8 Å². The normalized spacial score (nSPS) is 11.3. The molecular weight excluding hydrogens is 258 g/mol. The highest BCUT2D eigenvalue weighted by atomic mass is 16.6. The second-order valence-electron chi connectivity index (χ2n) is 5.47. The molecule has 0 saturated heterocycles. The van der Waals surface area contributed by atoms with Crippen LogP contribution in [-0.4, -0.2) is 21.0 Å².